The minimum atomic E-state index is -1.08. The summed E-state index contributed by atoms with van der Waals surface area (Å²) in [5, 5.41) is 8.94. The highest BCUT2D eigenvalue weighted by Gasteiger charge is 2.46. The topological polar surface area (TPSA) is 169 Å². The molecule has 13 nitrogen and oxygen atoms in total. The van der Waals surface area contributed by atoms with Crippen LogP contribution in [0.5, 0.6) is 11.5 Å². The number of nitrogens with zero attached hydrogens (tertiary/aromatic N) is 3. The van der Waals surface area contributed by atoms with Crippen molar-refractivity contribution in [2.24, 2.45) is 0 Å². The van der Waals surface area contributed by atoms with E-state index in [9.17, 15) is 24.0 Å². The SMILES string of the molecule is CNc1ccc(/C=C/C=C/c2nc3ccc(OCCCCCCCCNC(=O)COc4cccc5c4C(=O)N(C4CCC(=O)NC4=O)C5=O)cc3s2)cn1. The molecule has 5 amide bonds. The van der Waals surface area contributed by atoms with Gasteiger partial charge in [-0.25, -0.2) is 9.97 Å². The normalized spacial score (nSPS) is 15.6. The van der Waals surface area contributed by atoms with E-state index < -0.39 is 29.7 Å². The van der Waals surface area contributed by atoms with Crippen molar-refractivity contribution in [3.63, 3.8) is 0 Å². The molecule has 0 saturated carbocycles. The highest BCUT2D eigenvalue weighted by molar-refractivity contribution is 7.19. The van der Waals surface area contributed by atoms with Crippen LogP contribution in [-0.2, 0) is 14.4 Å². The van der Waals surface area contributed by atoms with Gasteiger partial charge in [0.05, 0.1) is 28.0 Å². The van der Waals surface area contributed by atoms with Gasteiger partial charge in [0.25, 0.3) is 17.7 Å². The number of fused-ring (bicyclic) bond motifs is 2. The molecule has 1 fully saturated rings. The van der Waals surface area contributed by atoms with E-state index >= 15 is 0 Å². The van der Waals surface area contributed by atoms with Gasteiger partial charge in [0.2, 0.25) is 11.8 Å². The molecule has 2 aromatic heterocycles. The summed E-state index contributed by atoms with van der Waals surface area (Å²) in [5.41, 5.74) is 2.08. The van der Waals surface area contributed by atoms with E-state index in [4.69, 9.17) is 14.5 Å². The molecule has 2 aliphatic rings. The number of carbonyl (C=O) groups excluding carboxylic acids is 5. The van der Waals surface area contributed by atoms with E-state index in [0.717, 1.165) is 75.8 Å². The average Bonchev–Trinajstić information content (AvgIpc) is 3.70. The Balaban J connectivity index is 0.828. The molecule has 14 heteroatoms. The lowest BCUT2D eigenvalue weighted by molar-refractivity contribution is -0.136. The minimum Gasteiger partial charge on any atom is -0.494 e. The van der Waals surface area contributed by atoms with Crippen molar-refractivity contribution in [1.82, 2.24) is 25.5 Å². The number of amides is 5. The number of pyridine rings is 1. The Labute approximate surface area is 316 Å². The molecule has 2 aromatic carbocycles. The third-order valence-electron chi connectivity index (χ3n) is 9.01. The molecule has 0 spiro atoms. The summed E-state index contributed by atoms with van der Waals surface area (Å²) >= 11 is 1.62. The number of benzene rings is 2. The fourth-order valence-electron chi connectivity index (χ4n) is 6.19. The first-order valence-corrected chi connectivity index (χ1v) is 18.9. The Hall–Kier alpha value is -5.89. The number of anilines is 1. The van der Waals surface area contributed by atoms with Crippen LogP contribution in [0.3, 0.4) is 0 Å². The lowest BCUT2D eigenvalue weighted by Gasteiger charge is -2.27. The van der Waals surface area contributed by atoms with E-state index in [1.807, 2.05) is 67.9 Å². The number of aromatic nitrogens is 2. The number of rotatable bonds is 18. The van der Waals surface area contributed by atoms with Gasteiger partial charge in [-0.3, -0.25) is 34.2 Å². The van der Waals surface area contributed by atoms with E-state index in [0.29, 0.717) is 13.2 Å². The Morgan fingerprint density at radius 1 is 0.963 bits per heavy atom. The zero-order valence-electron chi connectivity index (χ0n) is 30.0. The fraction of sp³-hybridized carbons (Fsp3) is 0.325. The number of nitrogens with one attached hydrogen (secondary N) is 3. The van der Waals surface area contributed by atoms with E-state index in [2.05, 4.69) is 20.9 Å². The van der Waals surface area contributed by atoms with Gasteiger partial charge in [0, 0.05) is 26.2 Å². The van der Waals surface area contributed by atoms with E-state index in [1.165, 1.54) is 12.1 Å². The molecule has 3 N–H and O–H groups in total. The maximum absolute atomic E-state index is 13.2. The molecular weight excluding hydrogens is 709 g/mol. The molecule has 6 rings (SSSR count). The summed E-state index contributed by atoms with van der Waals surface area (Å²) in [7, 11) is 1.84. The van der Waals surface area contributed by atoms with Gasteiger partial charge in [0.15, 0.2) is 6.61 Å². The number of allylic oxidation sites excluding steroid dienone is 2. The van der Waals surface area contributed by atoms with Gasteiger partial charge in [-0.15, -0.1) is 11.3 Å². The number of unbranched alkanes of at least 4 members (excludes halogenated alkanes) is 5. The molecule has 0 aliphatic carbocycles. The van der Waals surface area contributed by atoms with E-state index in [1.54, 1.807) is 17.4 Å². The summed E-state index contributed by atoms with van der Waals surface area (Å²) in [6, 6.07) is 13.4. The molecule has 54 heavy (non-hydrogen) atoms. The van der Waals surface area contributed by atoms with Crippen LogP contribution in [-0.4, -0.2) is 77.3 Å². The Morgan fingerprint density at radius 3 is 2.57 bits per heavy atom. The summed E-state index contributed by atoms with van der Waals surface area (Å²) in [6.45, 7) is 0.811. The number of carbonyl (C=O) groups is 5. The fourth-order valence-corrected chi connectivity index (χ4v) is 7.10. The van der Waals surface area contributed by atoms with Crippen LogP contribution < -0.4 is 25.4 Å². The maximum Gasteiger partial charge on any atom is 0.266 e. The molecule has 2 aliphatic heterocycles. The van der Waals surface area contributed by atoms with Gasteiger partial charge in [-0.05, 0) is 73.4 Å². The van der Waals surface area contributed by atoms with Crippen LogP contribution in [0.1, 0.15) is 82.7 Å². The van der Waals surface area contributed by atoms with Crippen LogP contribution in [0, 0.1) is 0 Å². The van der Waals surface area contributed by atoms with Crippen LogP contribution in [0.15, 0.2) is 66.9 Å². The summed E-state index contributed by atoms with van der Waals surface area (Å²) in [5.74, 6) is -1.02. The molecule has 1 unspecified atom stereocenters. The second-order valence-electron chi connectivity index (χ2n) is 12.9. The van der Waals surface area contributed by atoms with Gasteiger partial charge in [0.1, 0.15) is 28.4 Å². The average molecular weight is 751 g/mol. The van der Waals surface area contributed by atoms with Crippen molar-refractivity contribution in [1.29, 1.82) is 0 Å². The lowest BCUT2D eigenvalue weighted by Crippen LogP contribution is -2.54. The van der Waals surface area contributed by atoms with Gasteiger partial charge in [-0.1, -0.05) is 50.0 Å². The first-order valence-electron chi connectivity index (χ1n) is 18.1. The number of thiazole rings is 1. The summed E-state index contributed by atoms with van der Waals surface area (Å²) < 4.78 is 12.7. The first-order chi connectivity index (χ1) is 26.3. The minimum absolute atomic E-state index is 0.0132. The van der Waals surface area contributed by atoms with Gasteiger partial charge in [-0.2, -0.15) is 0 Å². The molecule has 280 valence electrons. The van der Waals surface area contributed by atoms with Crippen LogP contribution in [0.4, 0.5) is 5.82 Å². The van der Waals surface area contributed by atoms with Crippen molar-refractivity contribution in [3.8, 4) is 11.5 Å². The number of imide groups is 2. The highest BCUT2D eigenvalue weighted by Crippen LogP contribution is 2.33. The Morgan fingerprint density at radius 2 is 1.78 bits per heavy atom. The van der Waals surface area contributed by atoms with E-state index in [-0.39, 0.29) is 42.2 Å². The maximum atomic E-state index is 13.2. The first kappa shape index (κ1) is 37.9. The molecule has 0 radical (unpaired) electrons. The Kier molecular flexibility index (Phi) is 12.8. The molecule has 1 atom stereocenters. The third kappa shape index (κ3) is 9.55. The smallest absolute Gasteiger partial charge is 0.266 e. The molecule has 0 bridgehead atoms. The van der Waals surface area contributed by atoms with Crippen molar-refractivity contribution in [3.05, 3.63) is 88.6 Å². The number of hydrogen-bond donors (Lipinski definition) is 3. The second kappa shape index (κ2) is 18.2. The highest BCUT2D eigenvalue weighted by atomic mass is 32.1. The third-order valence-corrected chi connectivity index (χ3v) is 9.99. The number of hydrogen-bond acceptors (Lipinski definition) is 11. The quantitative estimate of drug-likeness (QED) is 0.0645. The van der Waals surface area contributed by atoms with Crippen LogP contribution in [0.25, 0.3) is 22.4 Å². The number of piperidine rings is 1. The monoisotopic (exact) mass is 750 g/mol. The summed E-state index contributed by atoms with van der Waals surface area (Å²) in [4.78, 5) is 72.4. The van der Waals surface area contributed by atoms with Gasteiger partial charge >= 0.3 is 0 Å². The Bertz CT molecular complexity index is 2080. The molecule has 1 saturated heterocycles. The second-order valence-corrected chi connectivity index (χ2v) is 13.9. The molecule has 4 aromatic rings. The van der Waals surface area contributed by atoms with Crippen LogP contribution in [0.2, 0.25) is 0 Å². The zero-order valence-corrected chi connectivity index (χ0v) is 30.8. The predicted octanol–water partition coefficient (Wildman–Crippen LogP) is 5.78. The molecule has 4 heterocycles. The molecular formula is C40H42N6O7S. The van der Waals surface area contributed by atoms with Crippen molar-refractivity contribution in [2.45, 2.75) is 57.4 Å². The standard InChI is InChI=1S/C40H42N6O7S/c1-41-33-19-15-26(24-43-33)11-6-7-14-36-44-29-17-16-27(23-32(29)54-36)52-22-9-5-3-2-4-8-21-42-35(48)25-53-31-13-10-12-28-37(31)40(51)46(39(28)50)30-18-20-34(47)45-38(30)49/h6-7,10-17,19,23-24,30H,2-5,8-9,18,20-22,25H2,1H3,(H,41,43)(H,42,48)(H,45,47,49)/b11-6+,14-7+. The van der Waals surface area contributed by atoms with Crippen LogP contribution >= 0.6 is 11.3 Å². The lowest BCUT2D eigenvalue weighted by atomic mass is 10.0. The summed E-state index contributed by atoms with van der Waals surface area (Å²) in [6.07, 6.45) is 15.7. The predicted molar refractivity (Wildman–Crippen MR) is 206 cm³/mol. The van der Waals surface area contributed by atoms with Crippen molar-refractivity contribution in [2.75, 3.05) is 32.1 Å². The van der Waals surface area contributed by atoms with Gasteiger partial charge < -0.3 is 20.1 Å². The largest absolute Gasteiger partial charge is 0.494 e. The van der Waals surface area contributed by atoms with Crippen molar-refractivity contribution < 1.29 is 33.4 Å². The van der Waals surface area contributed by atoms with Crippen molar-refractivity contribution >= 4 is 69.1 Å². The zero-order chi connectivity index (χ0) is 37.9. The number of ether oxygens (including phenoxy) is 2.